The van der Waals surface area contributed by atoms with E-state index in [1.54, 1.807) is 0 Å². The fraction of sp³-hybridized carbons (Fsp3) is 0.235. The van der Waals surface area contributed by atoms with Gasteiger partial charge in [0.05, 0.1) is 17.4 Å². The highest BCUT2D eigenvalue weighted by atomic mass is 15.0. The van der Waals surface area contributed by atoms with Crippen LogP contribution in [0.25, 0.3) is 11.0 Å². The van der Waals surface area contributed by atoms with Gasteiger partial charge in [0.15, 0.2) is 0 Å². The van der Waals surface area contributed by atoms with Crippen LogP contribution in [0.4, 0.5) is 0 Å². The van der Waals surface area contributed by atoms with Crippen LogP contribution in [0.5, 0.6) is 0 Å². The Labute approximate surface area is 119 Å². The van der Waals surface area contributed by atoms with Crippen molar-refractivity contribution in [2.45, 2.75) is 12.8 Å². The number of hydrogen-bond donors (Lipinski definition) is 1. The maximum absolute atomic E-state index is 5.57. The summed E-state index contributed by atoms with van der Waals surface area (Å²) >= 11 is 0. The molecule has 0 atom stereocenters. The van der Waals surface area contributed by atoms with Gasteiger partial charge in [0.25, 0.3) is 0 Å². The van der Waals surface area contributed by atoms with Gasteiger partial charge in [-0.25, -0.2) is 4.98 Å². The van der Waals surface area contributed by atoms with Crippen LogP contribution in [0.1, 0.15) is 16.7 Å². The van der Waals surface area contributed by atoms with Crippen LogP contribution in [0.3, 0.4) is 0 Å². The Morgan fingerprint density at radius 3 is 2.45 bits per heavy atom. The summed E-state index contributed by atoms with van der Waals surface area (Å²) in [6.07, 6.45) is 3.74. The molecule has 1 heterocycles. The summed E-state index contributed by atoms with van der Waals surface area (Å²) in [5, 5.41) is 0. The van der Waals surface area contributed by atoms with Crippen molar-refractivity contribution in [3.8, 4) is 0 Å². The lowest BCUT2D eigenvalue weighted by atomic mass is 10.0. The summed E-state index contributed by atoms with van der Waals surface area (Å²) in [5.74, 6) is 0. The predicted octanol–water partition coefficient (Wildman–Crippen LogP) is 2.67. The average molecular weight is 265 g/mol. The third-order valence-corrected chi connectivity index (χ3v) is 3.65. The van der Waals surface area contributed by atoms with E-state index in [0.717, 1.165) is 18.4 Å². The van der Waals surface area contributed by atoms with Gasteiger partial charge in [-0.05, 0) is 48.2 Å². The van der Waals surface area contributed by atoms with Crippen LogP contribution < -0.4 is 5.73 Å². The highest BCUT2D eigenvalue weighted by molar-refractivity contribution is 5.76. The number of nitrogens with zero attached hydrogens (tertiary/aromatic N) is 2. The second kappa shape index (κ2) is 5.47. The maximum Gasteiger partial charge on any atom is 0.0955 e. The lowest BCUT2D eigenvalue weighted by molar-refractivity contribution is 0.947. The Balaban J connectivity index is 1.81. The van der Waals surface area contributed by atoms with E-state index >= 15 is 0 Å². The van der Waals surface area contributed by atoms with Crippen molar-refractivity contribution in [3.05, 3.63) is 65.5 Å². The van der Waals surface area contributed by atoms with Crippen molar-refractivity contribution >= 4 is 11.0 Å². The average Bonchev–Trinajstić information content (AvgIpc) is 2.83. The molecule has 0 aliphatic rings. The molecule has 1 aromatic heterocycles. The van der Waals surface area contributed by atoms with E-state index in [0.29, 0.717) is 6.54 Å². The van der Waals surface area contributed by atoms with Gasteiger partial charge in [0.2, 0.25) is 0 Å². The summed E-state index contributed by atoms with van der Waals surface area (Å²) in [7, 11) is 2.02. The normalized spacial score (nSPS) is 11.1. The molecule has 3 rings (SSSR count). The molecule has 0 saturated carbocycles. The van der Waals surface area contributed by atoms with Crippen LogP contribution in [-0.2, 0) is 19.9 Å². The van der Waals surface area contributed by atoms with E-state index < -0.39 is 0 Å². The molecule has 20 heavy (non-hydrogen) atoms. The van der Waals surface area contributed by atoms with Gasteiger partial charge in [-0.2, -0.15) is 0 Å². The SMILES string of the molecule is Cn1cnc2cc(Cc3ccc(CCN)cc3)ccc21. The highest BCUT2D eigenvalue weighted by Crippen LogP contribution is 2.17. The molecule has 0 spiro atoms. The van der Waals surface area contributed by atoms with Gasteiger partial charge in [-0.1, -0.05) is 30.3 Å². The van der Waals surface area contributed by atoms with Gasteiger partial charge < -0.3 is 10.3 Å². The summed E-state index contributed by atoms with van der Waals surface area (Å²) in [6.45, 7) is 0.704. The predicted molar refractivity (Wildman–Crippen MR) is 82.7 cm³/mol. The van der Waals surface area contributed by atoms with Crippen LogP contribution >= 0.6 is 0 Å². The molecule has 3 nitrogen and oxygen atoms in total. The van der Waals surface area contributed by atoms with Crippen molar-refractivity contribution < 1.29 is 0 Å². The molecule has 102 valence electrons. The number of fused-ring (bicyclic) bond motifs is 1. The third-order valence-electron chi connectivity index (χ3n) is 3.65. The first kappa shape index (κ1) is 12.9. The van der Waals surface area contributed by atoms with Crippen molar-refractivity contribution in [1.29, 1.82) is 0 Å². The number of aromatic nitrogens is 2. The zero-order valence-electron chi connectivity index (χ0n) is 11.7. The molecule has 0 fully saturated rings. The van der Waals surface area contributed by atoms with Gasteiger partial charge in [0.1, 0.15) is 0 Å². The summed E-state index contributed by atoms with van der Waals surface area (Å²) in [6, 6.07) is 15.2. The maximum atomic E-state index is 5.57. The van der Waals surface area contributed by atoms with E-state index in [-0.39, 0.29) is 0 Å². The first-order chi connectivity index (χ1) is 9.76. The van der Waals surface area contributed by atoms with E-state index in [4.69, 9.17) is 5.73 Å². The lowest BCUT2D eigenvalue weighted by Crippen LogP contribution is -2.02. The fourth-order valence-electron chi connectivity index (χ4n) is 2.52. The van der Waals surface area contributed by atoms with Crippen molar-refractivity contribution in [2.75, 3.05) is 6.54 Å². The molecular formula is C17H19N3. The van der Waals surface area contributed by atoms with Crippen LogP contribution in [0, 0.1) is 0 Å². The smallest absolute Gasteiger partial charge is 0.0955 e. The Morgan fingerprint density at radius 1 is 1.00 bits per heavy atom. The number of hydrogen-bond acceptors (Lipinski definition) is 2. The molecule has 0 unspecified atom stereocenters. The molecular weight excluding hydrogens is 246 g/mol. The van der Waals surface area contributed by atoms with Crippen LogP contribution in [0.15, 0.2) is 48.8 Å². The highest BCUT2D eigenvalue weighted by Gasteiger charge is 2.02. The standard InChI is InChI=1S/C17H19N3/c1-20-12-19-16-11-15(6-7-17(16)20)10-14-4-2-13(3-5-14)8-9-18/h2-7,11-12H,8-10,18H2,1H3. The lowest BCUT2D eigenvalue weighted by Gasteiger charge is -2.04. The minimum Gasteiger partial charge on any atom is -0.334 e. The Morgan fingerprint density at radius 2 is 1.70 bits per heavy atom. The molecule has 2 aromatic carbocycles. The molecule has 0 saturated heterocycles. The molecule has 2 N–H and O–H groups in total. The fourth-order valence-corrected chi connectivity index (χ4v) is 2.52. The summed E-state index contributed by atoms with van der Waals surface area (Å²) < 4.78 is 2.04. The third kappa shape index (κ3) is 2.58. The first-order valence-electron chi connectivity index (χ1n) is 6.94. The Bertz CT molecular complexity index is 711. The number of imidazole rings is 1. The monoisotopic (exact) mass is 265 g/mol. The molecule has 3 aromatic rings. The van der Waals surface area contributed by atoms with Gasteiger partial charge in [-0.15, -0.1) is 0 Å². The van der Waals surface area contributed by atoms with E-state index in [9.17, 15) is 0 Å². The second-order valence-electron chi connectivity index (χ2n) is 5.21. The number of nitrogens with two attached hydrogens (primary N) is 1. The van der Waals surface area contributed by atoms with Crippen molar-refractivity contribution in [3.63, 3.8) is 0 Å². The molecule has 0 amide bonds. The van der Waals surface area contributed by atoms with Crippen LogP contribution in [-0.4, -0.2) is 16.1 Å². The molecule has 0 radical (unpaired) electrons. The minimum absolute atomic E-state index is 0.704. The first-order valence-corrected chi connectivity index (χ1v) is 6.94. The van der Waals surface area contributed by atoms with Crippen LogP contribution in [0.2, 0.25) is 0 Å². The molecule has 0 aliphatic carbocycles. The second-order valence-corrected chi connectivity index (χ2v) is 5.21. The summed E-state index contributed by atoms with van der Waals surface area (Å²) in [5.41, 5.74) is 11.7. The molecule has 0 aliphatic heterocycles. The van der Waals surface area contributed by atoms with E-state index in [1.807, 2.05) is 17.9 Å². The number of aryl methyl sites for hydroxylation is 1. The molecule has 0 bridgehead atoms. The van der Waals surface area contributed by atoms with Crippen molar-refractivity contribution in [2.24, 2.45) is 12.8 Å². The van der Waals surface area contributed by atoms with Gasteiger partial charge in [-0.3, -0.25) is 0 Å². The summed E-state index contributed by atoms with van der Waals surface area (Å²) in [4.78, 5) is 4.41. The number of rotatable bonds is 4. The Hall–Kier alpha value is -2.13. The molecule has 3 heteroatoms. The zero-order valence-corrected chi connectivity index (χ0v) is 11.7. The largest absolute Gasteiger partial charge is 0.334 e. The minimum atomic E-state index is 0.704. The van der Waals surface area contributed by atoms with E-state index in [2.05, 4.69) is 47.4 Å². The quantitative estimate of drug-likeness (QED) is 0.788. The number of benzene rings is 2. The van der Waals surface area contributed by atoms with Gasteiger partial charge >= 0.3 is 0 Å². The topological polar surface area (TPSA) is 43.8 Å². The van der Waals surface area contributed by atoms with Gasteiger partial charge in [0, 0.05) is 7.05 Å². The Kier molecular flexibility index (Phi) is 3.52. The zero-order chi connectivity index (χ0) is 13.9. The van der Waals surface area contributed by atoms with Crippen molar-refractivity contribution in [1.82, 2.24) is 9.55 Å². The van der Waals surface area contributed by atoms with E-state index in [1.165, 1.54) is 22.2 Å².